The van der Waals surface area contributed by atoms with Crippen LogP contribution >= 0.6 is 11.3 Å². The van der Waals surface area contributed by atoms with Crippen LogP contribution in [-0.4, -0.2) is 4.40 Å². The van der Waals surface area contributed by atoms with E-state index in [0.717, 1.165) is 0 Å². The van der Waals surface area contributed by atoms with Crippen LogP contribution in [0.2, 0.25) is 0 Å². The molecule has 0 saturated heterocycles. The summed E-state index contributed by atoms with van der Waals surface area (Å²) in [5, 5.41) is 2.18. The van der Waals surface area contributed by atoms with Gasteiger partial charge in [-0.2, -0.15) is 0 Å². The van der Waals surface area contributed by atoms with Gasteiger partial charge in [-0.05, 0) is 18.6 Å². The average Bonchev–Trinajstić information content (AvgIpc) is 2.83. The lowest BCUT2D eigenvalue weighted by Crippen LogP contribution is -1.78. The highest BCUT2D eigenvalue weighted by Crippen LogP contribution is 2.26. The van der Waals surface area contributed by atoms with E-state index >= 15 is 0 Å². The summed E-state index contributed by atoms with van der Waals surface area (Å²) in [6, 6.07) is 12.7. The van der Waals surface area contributed by atoms with E-state index < -0.39 is 0 Å². The molecule has 0 amide bonds. The number of fused-ring (bicyclic) bond motifs is 1. The summed E-state index contributed by atoms with van der Waals surface area (Å²) in [6.07, 6.45) is 2.20. The van der Waals surface area contributed by atoms with Crippen LogP contribution in [0.1, 0.15) is 5.69 Å². The fourth-order valence-electron chi connectivity index (χ4n) is 1.80. The summed E-state index contributed by atoms with van der Waals surface area (Å²) in [5.41, 5.74) is 3.88. The SMILES string of the molecule is Cc1csc2cc(-c3ccccc3)cn12. The number of thiazole rings is 1. The molecule has 0 radical (unpaired) electrons. The second kappa shape index (κ2) is 3.24. The van der Waals surface area contributed by atoms with E-state index in [9.17, 15) is 0 Å². The zero-order chi connectivity index (χ0) is 10.3. The minimum atomic E-state index is 1.28. The topological polar surface area (TPSA) is 4.41 Å². The molecule has 15 heavy (non-hydrogen) atoms. The average molecular weight is 213 g/mol. The summed E-state index contributed by atoms with van der Waals surface area (Å²) >= 11 is 1.79. The lowest BCUT2D eigenvalue weighted by molar-refractivity contribution is 1.14. The molecule has 0 unspecified atom stereocenters. The van der Waals surface area contributed by atoms with Crippen molar-refractivity contribution in [1.82, 2.24) is 4.40 Å². The number of aromatic nitrogens is 1. The molecule has 1 nitrogen and oxygen atoms in total. The Bertz CT molecular complexity index is 589. The Morgan fingerprint density at radius 2 is 1.87 bits per heavy atom. The van der Waals surface area contributed by atoms with Crippen LogP contribution < -0.4 is 0 Å². The molecule has 74 valence electrons. The normalized spacial score (nSPS) is 11.0. The summed E-state index contributed by atoms with van der Waals surface area (Å²) < 4.78 is 2.24. The first kappa shape index (κ1) is 8.74. The van der Waals surface area contributed by atoms with E-state index in [0.29, 0.717) is 0 Å². The van der Waals surface area contributed by atoms with Crippen LogP contribution in [0.25, 0.3) is 16.0 Å². The first-order chi connectivity index (χ1) is 7.34. The van der Waals surface area contributed by atoms with Gasteiger partial charge in [0, 0.05) is 22.8 Å². The highest BCUT2D eigenvalue weighted by Gasteiger charge is 2.04. The number of benzene rings is 1. The molecule has 0 aliphatic rings. The van der Waals surface area contributed by atoms with Crippen LogP contribution in [0.15, 0.2) is 48.0 Å². The summed E-state index contributed by atoms with van der Waals surface area (Å²) in [6.45, 7) is 2.14. The van der Waals surface area contributed by atoms with Gasteiger partial charge in [0.15, 0.2) is 0 Å². The Kier molecular flexibility index (Phi) is 1.89. The predicted molar refractivity (Wildman–Crippen MR) is 65.4 cm³/mol. The molecule has 2 heteroatoms. The summed E-state index contributed by atoms with van der Waals surface area (Å²) in [4.78, 5) is 1.31. The van der Waals surface area contributed by atoms with Crippen LogP contribution in [0.5, 0.6) is 0 Å². The largest absolute Gasteiger partial charge is 0.311 e. The van der Waals surface area contributed by atoms with Gasteiger partial charge in [-0.15, -0.1) is 11.3 Å². The van der Waals surface area contributed by atoms with E-state index in [2.05, 4.69) is 53.2 Å². The zero-order valence-electron chi connectivity index (χ0n) is 8.47. The highest BCUT2D eigenvalue weighted by molar-refractivity contribution is 7.15. The van der Waals surface area contributed by atoms with Gasteiger partial charge < -0.3 is 4.40 Å². The maximum atomic E-state index is 2.24. The smallest absolute Gasteiger partial charge is 0.0999 e. The van der Waals surface area contributed by atoms with Crippen LogP contribution in [0.4, 0.5) is 0 Å². The number of aryl methyl sites for hydroxylation is 1. The molecule has 0 aliphatic carbocycles. The van der Waals surface area contributed by atoms with Crippen molar-refractivity contribution >= 4 is 16.2 Å². The Hall–Kier alpha value is -1.54. The van der Waals surface area contributed by atoms with E-state index in [1.165, 1.54) is 21.7 Å². The Morgan fingerprint density at radius 1 is 1.07 bits per heavy atom. The van der Waals surface area contributed by atoms with Crippen molar-refractivity contribution in [2.45, 2.75) is 6.92 Å². The molecule has 3 aromatic rings. The number of rotatable bonds is 1. The first-order valence-corrected chi connectivity index (χ1v) is 5.84. The Morgan fingerprint density at radius 3 is 2.60 bits per heavy atom. The van der Waals surface area contributed by atoms with E-state index in [1.807, 2.05) is 6.07 Å². The maximum Gasteiger partial charge on any atom is 0.0999 e. The third-order valence-electron chi connectivity index (χ3n) is 2.62. The molecule has 0 fully saturated rings. The van der Waals surface area contributed by atoms with Crippen molar-refractivity contribution in [3.8, 4) is 11.1 Å². The standard InChI is InChI=1S/C13H11NS/c1-10-9-15-13-7-12(8-14(10)13)11-5-3-2-4-6-11/h2-9H,1H3. The van der Waals surface area contributed by atoms with Crippen molar-refractivity contribution in [3.63, 3.8) is 0 Å². The van der Waals surface area contributed by atoms with E-state index in [-0.39, 0.29) is 0 Å². The van der Waals surface area contributed by atoms with Gasteiger partial charge >= 0.3 is 0 Å². The maximum absolute atomic E-state index is 2.24. The van der Waals surface area contributed by atoms with Gasteiger partial charge in [0.05, 0.1) is 4.83 Å². The summed E-state index contributed by atoms with van der Waals surface area (Å²) in [7, 11) is 0. The fraction of sp³-hybridized carbons (Fsp3) is 0.0769. The van der Waals surface area contributed by atoms with Crippen molar-refractivity contribution in [3.05, 3.63) is 53.7 Å². The molecule has 1 aromatic carbocycles. The second-order valence-corrected chi connectivity index (χ2v) is 4.57. The minimum Gasteiger partial charge on any atom is -0.311 e. The van der Waals surface area contributed by atoms with E-state index in [1.54, 1.807) is 11.3 Å². The fourth-order valence-corrected chi connectivity index (χ4v) is 2.71. The zero-order valence-corrected chi connectivity index (χ0v) is 9.29. The molecular weight excluding hydrogens is 202 g/mol. The minimum absolute atomic E-state index is 1.28. The second-order valence-electron chi connectivity index (χ2n) is 3.68. The third kappa shape index (κ3) is 1.38. The highest BCUT2D eigenvalue weighted by atomic mass is 32.1. The molecule has 0 saturated carbocycles. The summed E-state index contributed by atoms with van der Waals surface area (Å²) in [5.74, 6) is 0. The van der Waals surface area contributed by atoms with E-state index in [4.69, 9.17) is 0 Å². The number of hydrogen-bond acceptors (Lipinski definition) is 1. The van der Waals surface area contributed by atoms with Crippen molar-refractivity contribution in [2.24, 2.45) is 0 Å². The molecule has 0 bridgehead atoms. The Labute approximate surface area is 92.6 Å². The lowest BCUT2D eigenvalue weighted by atomic mass is 10.1. The van der Waals surface area contributed by atoms with Gasteiger partial charge in [0.1, 0.15) is 0 Å². The molecule has 2 aromatic heterocycles. The molecule has 0 spiro atoms. The molecule has 2 heterocycles. The monoisotopic (exact) mass is 213 g/mol. The first-order valence-electron chi connectivity index (χ1n) is 4.96. The van der Waals surface area contributed by atoms with Crippen molar-refractivity contribution < 1.29 is 0 Å². The van der Waals surface area contributed by atoms with Gasteiger partial charge in [-0.25, -0.2) is 0 Å². The number of nitrogens with zero attached hydrogens (tertiary/aromatic N) is 1. The van der Waals surface area contributed by atoms with Gasteiger partial charge in [0.25, 0.3) is 0 Å². The van der Waals surface area contributed by atoms with Gasteiger partial charge in [-0.1, -0.05) is 30.3 Å². The molecular formula is C13H11NS. The molecule has 0 atom stereocenters. The van der Waals surface area contributed by atoms with Crippen LogP contribution in [0.3, 0.4) is 0 Å². The Balaban J connectivity index is 2.20. The molecule has 0 aliphatic heterocycles. The van der Waals surface area contributed by atoms with Crippen LogP contribution in [0, 0.1) is 6.92 Å². The van der Waals surface area contributed by atoms with Crippen molar-refractivity contribution in [2.75, 3.05) is 0 Å². The quantitative estimate of drug-likeness (QED) is 0.576. The van der Waals surface area contributed by atoms with Gasteiger partial charge in [-0.3, -0.25) is 0 Å². The predicted octanol–water partition coefficient (Wildman–Crippen LogP) is 3.98. The molecule has 0 N–H and O–H groups in total. The van der Waals surface area contributed by atoms with Crippen LogP contribution in [-0.2, 0) is 0 Å². The number of hydrogen-bond donors (Lipinski definition) is 0. The van der Waals surface area contributed by atoms with Crippen molar-refractivity contribution in [1.29, 1.82) is 0 Å². The van der Waals surface area contributed by atoms with Gasteiger partial charge in [0.2, 0.25) is 0 Å². The molecule has 3 rings (SSSR count). The lowest BCUT2D eigenvalue weighted by Gasteiger charge is -1.94. The third-order valence-corrected chi connectivity index (χ3v) is 3.64.